The van der Waals surface area contributed by atoms with Gasteiger partial charge in [-0.25, -0.2) is 0 Å². The number of anilines is 9. The maximum Gasteiger partial charge on any atom is 0.129 e. The fourth-order valence-electron chi connectivity index (χ4n) is 13.0. The first-order chi connectivity index (χ1) is 48.3. The highest BCUT2D eigenvalue weighted by Crippen LogP contribution is 2.44. The van der Waals surface area contributed by atoms with E-state index < -0.39 is 0 Å². The molecule has 17 aromatic rings. The Hall–Kier alpha value is -11.9. The smallest absolute Gasteiger partial charge is 0.129 e. The quantitative estimate of drug-likeness (QED) is 0.0917. The fourth-order valence-corrected chi connectivity index (χ4v) is 13.7. The number of para-hydroxylation sites is 6. The van der Waals surface area contributed by atoms with Crippen LogP contribution in [0.25, 0.3) is 64.6 Å². The van der Waals surface area contributed by atoms with Gasteiger partial charge in [-0.05, 0) is 222 Å². The van der Waals surface area contributed by atoms with Gasteiger partial charge in [0.25, 0.3) is 0 Å². The van der Waals surface area contributed by atoms with Crippen molar-refractivity contribution in [3.8, 4) is 28.7 Å². The number of phenolic OH excluding ortho intramolecular Hbond substituents is 1. The normalized spacial score (nSPS) is 10.9. The van der Waals surface area contributed by atoms with Crippen LogP contribution in [0.1, 0.15) is 0 Å². The summed E-state index contributed by atoms with van der Waals surface area (Å²) in [5.74, 6) is 3.28. The number of nitrogens with zero attached hydrogens (tertiary/aromatic N) is 3. The van der Waals surface area contributed by atoms with Gasteiger partial charge in [0.1, 0.15) is 28.7 Å². The van der Waals surface area contributed by atoms with Crippen LogP contribution in [0.3, 0.4) is 0 Å². The number of hydrogen-bond acceptors (Lipinski definition) is 6. The lowest BCUT2D eigenvalue weighted by molar-refractivity contribution is 0.475. The molecule has 0 spiro atoms. The highest BCUT2D eigenvalue weighted by atomic mass is 79.9. The molecule has 17 aromatic carbocycles. The first kappa shape index (κ1) is 64.5. The Balaban J connectivity index is 0.000000165. The van der Waals surface area contributed by atoms with Crippen LogP contribution in [-0.2, 0) is 0 Å². The minimum absolute atomic E-state index is 0. The molecule has 0 aromatic heterocycles. The Morgan fingerprint density at radius 1 is 0.192 bits per heavy atom. The molecule has 6 nitrogen and oxygen atoms in total. The average molecular weight is 1410 g/mol. The molecule has 0 bridgehead atoms. The van der Waals surface area contributed by atoms with Crippen LogP contribution in [0.2, 0.25) is 0 Å². The van der Waals surface area contributed by atoms with Gasteiger partial charge in [-0.15, -0.1) is 0 Å². The van der Waals surface area contributed by atoms with E-state index in [1.165, 1.54) is 43.1 Å². The predicted octanol–water partition coefficient (Wildman–Crippen LogP) is 26.8. The Morgan fingerprint density at radius 3 is 0.727 bits per heavy atom. The Bertz CT molecular complexity index is 5240. The van der Waals surface area contributed by atoms with E-state index in [0.29, 0.717) is 0 Å². The lowest BCUT2D eigenvalue weighted by atomic mass is 9.94. The first-order valence-corrected chi connectivity index (χ1v) is 34.1. The SMILES string of the molecule is Brc1ccc2c3ccccc3c3ccc(Br)cc3c2c1.Oc1cccc(N(c2ccccc2)c2ccccc2)c1.[B].c1ccc(N(c2ccccc2)c2cccc(Oc3ccc4c5ccccc5c5ccc(Oc6cccc(N(c7ccccc7)c7ccccc7)c6)cc5c4c3)c2)cc1. The molecule has 3 radical (unpaired) electrons. The summed E-state index contributed by atoms with van der Waals surface area (Å²) in [7, 11) is 0. The molecule has 0 saturated heterocycles. The minimum Gasteiger partial charge on any atom is -0.508 e. The minimum atomic E-state index is 0. The molecule has 0 aliphatic heterocycles. The highest BCUT2D eigenvalue weighted by Gasteiger charge is 2.18. The number of halogens is 2. The molecule has 99 heavy (non-hydrogen) atoms. The van der Waals surface area contributed by atoms with Gasteiger partial charge < -0.3 is 29.3 Å². The van der Waals surface area contributed by atoms with E-state index in [2.05, 4.69) is 313 Å². The van der Waals surface area contributed by atoms with Crippen molar-refractivity contribution in [3.63, 3.8) is 0 Å². The Labute approximate surface area is 594 Å². The molecular formula is C90H63BBr2N3O3. The van der Waals surface area contributed by atoms with E-state index >= 15 is 0 Å². The van der Waals surface area contributed by atoms with Crippen LogP contribution in [0.4, 0.5) is 51.2 Å². The average Bonchev–Trinajstić information content (AvgIpc) is 0.756. The van der Waals surface area contributed by atoms with Gasteiger partial charge in [-0.3, -0.25) is 0 Å². The second-order valence-corrected chi connectivity index (χ2v) is 25.5. The molecule has 0 aliphatic rings. The van der Waals surface area contributed by atoms with Crippen molar-refractivity contribution in [3.05, 3.63) is 385 Å². The predicted molar refractivity (Wildman–Crippen MR) is 424 cm³/mol. The van der Waals surface area contributed by atoms with Gasteiger partial charge in [-0.2, -0.15) is 0 Å². The molecule has 0 amide bonds. The first-order valence-electron chi connectivity index (χ1n) is 32.5. The number of hydrogen-bond donors (Lipinski definition) is 1. The van der Waals surface area contributed by atoms with Crippen molar-refractivity contribution in [2.45, 2.75) is 0 Å². The van der Waals surface area contributed by atoms with Crippen molar-refractivity contribution in [1.82, 2.24) is 0 Å². The van der Waals surface area contributed by atoms with Crippen LogP contribution in [0.15, 0.2) is 385 Å². The van der Waals surface area contributed by atoms with Gasteiger partial charge >= 0.3 is 0 Å². The van der Waals surface area contributed by atoms with Crippen LogP contribution in [0, 0.1) is 0 Å². The van der Waals surface area contributed by atoms with E-state index in [1.807, 2.05) is 97.1 Å². The molecule has 0 heterocycles. The van der Waals surface area contributed by atoms with Crippen molar-refractivity contribution in [2.75, 3.05) is 14.7 Å². The van der Waals surface area contributed by atoms with Gasteiger partial charge in [0.15, 0.2) is 0 Å². The van der Waals surface area contributed by atoms with Gasteiger partial charge in [0.2, 0.25) is 0 Å². The maximum absolute atomic E-state index is 9.73. The summed E-state index contributed by atoms with van der Waals surface area (Å²) in [6, 6.07) is 129. The van der Waals surface area contributed by atoms with Crippen LogP contribution >= 0.6 is 31.9 Å². The van der Waals surface area contributed by atoms with Crippen molar-refractivity contribution >= 4 is 156 Å². The largest absolute Gasteiger partial charge is 0.508 e. The number of ether oxygens (including phenoxy) is 2. The van der Waals surface area contributed by atoms with Crippen LogP contribution in [-0.4, -0.2) is 13.5 Å². The van der Waals surface area contributed by atoms with Crippen LogP contribution in [0.5, 0.6) is 28.7 Å². The monoisotopic (exact) mass is 1400 g/mol. The summed E-state index contributed by atoms with van der Waals surface area (Å²) in [6.07, 6.45) is 0. The van der Waals surface area contributed by atoms with E-state index in [9.17, 15) is 5.11 Å². The summed E-state index contributed by atoms with van der Waals surface area (Å²) in [5, 5.41) is 24.4. The number of benzene rings is 17. The third kappa shape index (κ3) is 14.1. The van der Waals surface area contributed by atoms with Crippen molar-refractivity contribution < 1.29 is 14.6 Å². The molecule has 0 fully saturated rings. The van der Waals surface area contributed by atoms with E-state index in [1.54, 1.807) is 12.1 Å². The fraction of sp³-hybridized carbons (Fsp3) is 0. The third-order valence-corrected chi connectivity index (χ3v) is 18.3. The zero-order chi connectivity index (χ0) is 66.2. The summed E-state index contributed by atoms with van der Waals surface area (Å²) >= 11 is 7.18. The van der Waals surface area contributed by atoms with E-state index in [0.717, 1.165) is 105 Å². The molecule has 17 rings (SSSR count). The molecular weight excluding hydrogens is 1340 g/mol. The second kappa shape index (κ2) is 29.6. The molecule has 0 unspecified atom stereocenters. The highest BCUT2D eigenvalue weighted by molar-refractivity contribution is 9.10. The molecule has 473 valence electrons. The van der Waals surface area contributed by atoms with E-state index in [4.69, 9.17) is 9.47 Å². The lowest BCUT2D eigenvalue weighted by Crippen LogP contribution is -2.09. The summed E-state index contributed by atoms with van der Waals surface area (Å²) in [6.45, 7) is 0. The van der Waals surface area contributed by atoms with Crippen molar-refractivity contribution in [1.29, 1.82) is 0 Å². The number of aromatic hydroxyl groups is 1. The molecule has 0 saturated carbocycles. The van der Waals surface area contributed by atoms with E-state index in [-0.39, 0.29) is 14.2 Å². The zero-order valence-corrected chi connectivity index (χ0v) is 56.9. The Morgan fingerprint density at radius 2 is 0.424 bits per heavy atom. The topological polar surface area (TPSA) is 48.4 Å². The van der Waals surface area contributed by atoms with Gasteiger partial charge in [0.05, 0.1) is 0 Å². The standard InChI is InChI=1S/C54H38N2O2.C18H10Br2.C18H15NO.B/c1-5-17-39(18-6-1)55(40-19-7-2-8-20-40)43-25-15-27-45(35-43)57-47-31-33-51-49-29-13-14-30-50(49)52-34-32-48(38-54(52)53(51)37-47)58-46-28-16-26-44(36-46)56(41-21-9-3-10-22-41)42-23-11-4-12-24-42;19-11-5-7-15-13-3-1-2-4-14(13)16-8-6-12(20)10-18(16)17(15)9-11;20-18-13-7-12-17(14-18)19(15-8-3-1-4-9-15)16-10-5-2-6-11-16;/h1-38H;1-10H;1-14,20H;. The maximum atomic E-state index is 9.73. The van der Waals surface area contributed by atoms with Gasteiger partial charge in [-0.1, -0.05) is 232 Å². The van der Waals surface area contributed by atoms with Gasteiger partial charge in [0, 0.05) is 86.7 Å². The lowest BCUT2D eigenvalue weighted by Gasteiger charge is -2.25. The van der Waals surface area contributed by atoms with Crippen LogP contribution < -0.4 is 24.2 Å². The zero-order valence-electron chi connectivity index (χ0n) is 53.7. The number of fused-ring (bicyclic) bond motifs is 12. The number of phenols is 1. The third-order valence-electron chi connectivity index (χ3n) is 17.3. The Kier molecular flexibility index (Phi) is 19.3. The summed E-state index contributed by atoms with van der Waals surface area (Å²) in [4.78, 5) is 6.59. The molecule has 9 heteroatoms. The summed E-state index contributed by atoms with van der Waals surface area (Å²) in [5.41, 5.74) is 9.36. The summed E-state index contributed by atoms with van der Waals surface area (Å²) < 4.78 is 15.6. The van der Waals surface area contributed by atoms with Crippen molar-refractivity contribution in [2.24, 2.45) is 0 Å². The molecule has 1 N–H and O–H groups in total. The molecule has 0 aliphatic carbocycles. The number of rotatable bonds is 13. The molecule has 0 atom stereocenters. The second-order valence-electron chi connectivity index (χ2n) is 23.6.